The number of carboxylic acids is 1. The minimum atomic E-state index is -1.01. The number of aliphatic carboxylic acids is 1. The van der Waals surface area contributed by atoms with Gasteiger partial charge in [-0.25, -0.2) is 4.79 Å². The molecular formula is C17H16ClNO4. The smallest absolute Gasteiger partial charge is 0.344 e. The van der Waals surface area contributed by atoms with Gasteiger partial charge in [0.1, 0.15) is 11.5 Å². The second-order valence-electron chi connectivity index (χ2n) is 4.74. The Morgan fingerprint density at radius 2 is 1.96 bits per heavy atom. The van der Waals surface area contributed by atoms with Crippen LogP contribution in [0.4, 0.5) is 5.69 Å². The normalized spacial score (nSPS) is 12.1. The number of benzene rings is 2. The molecule has 2 aromatic carbocycles. The predicted molar refractivity (Wildman–Crippen MR) is 89.4 cm³/mol. The van der Waals surface area contributed by atoms with E-state index in [9.17, 15) is 4.79 Å². The summed E-state index contributed by atoms with van der Waals surface area (Å²) in [5.41, 5.74) is 1.56. The summed E-state index contributed by atoms with van der Waals surface area (Å²) in [4.78, 5) is 15.1. The Bertz CT molecular complexity index is 713. The van der Waals surface area contributed by atoms with Crippen molar-refractivity contribution in [3.05, 3.63) is 53.1 Å². The van der Waals surface area contributed by atoms with Gasteiger partial charge in [-0.1, -0.05) is 11.6 Å². The molecule has 0 aliphatic rings. The minimum absolute atomic E-state index is 0.490. The van der Waals surface area contributed by atoms with E-state index >= 15 is 0 Å². The van der Waals surface area contributed by atoms with Gasteiger partial charge >= 0.3 is 5.97 Å². The molecule has 1 N–H and O–H groups in total. The van der Waals surface area contributed by atoms with Gasteiger partial charge in [-0.2, -0.15) is 0 Å². The van der Waals surface area contributed by atoms with E-state index in [0.29, 0.717) is 22.2 Å². The first-order chi connectivity index (χ1) is 11.0. The summed E-state index contributed by atoms with van der Waals surface area (Å²) >= 11 is 6.04. The molecule has 1 atom stereocenters. The van der Waals surface area contributed by atoms with Crippen molar-refractivity contribution in [2.24, 2.45) is 4.99 Å². The number of ether oxygens (including phenoxy) is 2. The fraction of sp³-hybridized carbons (Fsp3) is 0.176. The number of carboxylic acid groups (broad SMARTS) is 1. The summed E-state index contributed by atoms with van der Waals surface area (Å²) < 4.78 is 10.3. The van der Waals surface area contributed by atoms with Crippen molar-refractivity contribution < 1.29 is 19.4 Å². The summed E-state index contributed by atoms with van der Waals surface area (Å²) in [6.07, 6.45) is 0.790. The monoisotopic (exact) mass is 333 g/mol. The van der Waals surface area contributed by atoms with E-state index in [1.54, 1.807) is 55.8 Å². The highest BCUT2D eigenvalue weighted by atomic mass is 35.5. The summed E-state index contributed by atoms with van der Waals surface area (Å²) in [6, 6.07) is 12.2. The zero-order valence-electron chi connectivity index (χ0n) is 12.7. The van der Waals surface area contributed by atoms with Gasteiger partial charge in [-0.3, -0.25) is 4.99 Å². The van der Waals surface area contributed by atoms with Crippen LogP contribution in [0.5, 0.6) is 11.5 Å². The molecule has 2 rings (SSSR count). The highest BCUT2D eigenvalue weighted by molar-refractivity contribution is 6.32. The molecule has 0 saturated heterocycles. The lowest BCUT2D eigenvalue weighted by Gasteiger charge is -2.09. The van der Waals surface area contributed by atoms with Crippen LogP contribution in [0.3, 0.4) is 0 Å². The number of methoxy groups -OCH3 is 1. The molecule has 0 fully saturated rings. The van der Waals surface area contributed by atoms with E-state index in [0.717, 1.165) is 5.56 Å². The molecular weight excluding hydrogens is 318 g/mol. The third kappa shape index (κ3) is 4.72. The quantitative estimate of drug-likeness (QED) is 0.813. The van der Waals surface area contributed by atoms with Crippen molar-refractivity contribution in [1.82, 2.24) is 0 Å². The number of hydrogen-bond acceptors (Lipinski definition) is 4. The maximum atomic E-state index is 10.7. The van der Waals surface area contributed by atoms with Gasteiger partial charge in [0, 0.05) is 6.21 Å². The molecule has 0 amide bonds. The molecule has 0 radical (unpaired) electrons. The van der Waals surface area contributed by atoms with Crippen molar-refractivity contribution in [3.8, 4) is 11.5 Å². The molecule has 0 unspecified atom stereocenters. The van der Waals surface area contributed by atoms with Crippen LogP contribution in [0.2, 0.25) is 5.02 Å². The predicted octanol–water partition coefficient (Wildman–Crippen LogP) is 3.95. The van der Waals surface area contributed by atoms with E-state index in [2.05, 4.69) is 4.99 Å². The Hall–Kier alpha value is -2.53. The lowest BCUT2D eigenvalue weighted by Crippen LogP contribution is -2.22. The second kappa shape index (κ2) is 7.65. The van der Waals surface area contributed by atoms with Gasteiger partial charge in [0.2, 0.25) is 0 Å². The molecule has 23 heavy (non-hydrogen) atoms. The molecule has 0 spiro atoms. The van der Waals surface area contributed by atoms with Crippen molar-refractivity contribution in [3.63, 3.8) is 0 Å². The summed E-state index contributed by atoms with van der Waals surface area (Å²) in [6.45, 7) is 1.48. The number of hydrogen-bond donors (Lipinski definition) is 1. The van der Waals surface area contributed by atoms with Crippen molar-refractivity contribution in [1.29, 1.82) is 0 Å². The first kappa shape index (κ1) is 16.8. The first-order valence-electron chi connectivity index (χ1n) is 6.86. The molecule has 0 aliphatic carbocycles. The highest BCUT2D eigenvalue weighted by Gasteiger charge is 2.11. The number of aliphatic imine (C=N–C) groups is 1. The first-order valence-corrected chi connectivity index (χ1v) is 7.24. The molecule has 5 nitrogen and oxygen atoms in total. The molecule has 0 aromatic heterocycles. The molecule has 0 heterocycles. The average molecular weight is 334 g/mol. The topological polar surface area (TPSA) is 68.1 Å². The van der Waals surface area contributed by atoms with E-state index in [-0.39, 0.29) is 0 Å². The largest absolute Gasteiger partial charge is 0.495 e. The fourth-order valence-corrected chi connectivity index (χ4v) is 2.02. The third-order valence-corrected chi connectivity index (χ3v) is 3.33. The second-order valence-corrected chi connectivity index (χ2v) is 5.15. The number of halogens is 1. The zero-order valence-corrected chi connectivity index (χ0v) is 13.4. The molecule has 120 valence electrons. The highest BCUT2D eigenvalue weighted by Crippen LogP contribution is 2.28. The molecule has 0 saturated carbocycles. The van der Waals surface area contributed by atoms with Gasteiger partial charge in [-0.05, 0) is 55.0 Å². The minimum Gasteiger partial charge on any atom is -0.495 e. The molecule has 2 aromatic rings. The lowest BCUT2D eigenvalue weighted by molar-refractivity contribution is -0.144. The van der Waals surface area contributed by atoms with Crippen LogP contribution >= 0.6 is 11.6 Å². The van der Waals surface area contributed by atoms with Crippen LogP contribution < -0.4 is 9.47 Å². The Balaban J connectivity index is 2.05. The average Bonchev–Trinajstić information content (AvgIpc) is 2.54. The number of carbonyl (C=O) groups is 1. The summed E-state index contributed by atoms with van der Waals surface area (Å²) in [5, 5.41) is 9.30. The van der Waals surface area contributed by atoms with E-state index < -0.39 is 12.1 Å². The Labute approximate surface area is 139 Å². The molecule has 6 heteroatoms. The van der Waals surface area contributed by atoms with Gasteiger partial charge in [0.15, 0.2) is 6.10 Å². The van der Waals surface area contributed by atoms with Crippen LogP contribution in [0.1, 0.15) is 12.5 Å². The maximum Gasteiger partial charge on any atom is 0.344 e. The van der Waals surface area contributed by atoms with E-state index in [4.69, 9.17) is 26.2 Å². The summed E-state index contributed by atoms with van der Waals surface area (Å²) in [5.74, 6) is 0.0798. The van der Waals surface area contributed by atoms with Crippen LogP contribution in [0.15, 0.2) is 47.5 Å². The maximum absolute atomic E-state index is 10.7. The SMILES string of the molecule is COc1ccc(N=Cc2ccc(O[C@@H](C)C(=O)O)cc2)cc1Cl. The van der Waals surface area contributed by atoms with Gasteiger partial charge in [0.25, 0.3) is 0 Å². The number of nitrogens with zero attached hydrogens (tertiary/aromatic N) is 1. The standard InChI is InChI=1S/C17H16ClNO4/c1-11(17(20)21)23-14-6-3-12(4-7-14)10-19-13-5-8-16(22-2)15(18)9-13/h3-11H,1-2H3,(H,20,21)/t11-/m0/s1. The van der Waals surface area contributed by atoms with Gasteiger partial charge < -0.3 is 14.6 Å². The Morgan fingerprint density at radius 1 is 1.26 bits per heavy atom. The summed E-state index contributed by atoms with van der Waals surface area (Å²) in [7, 11) is 1.55. The third-order valence-electron chi connectivity index (χ3n) is 3.04. The Morgan fingerprint density at radius 3 is 2.52 bits per heavy atom. The zero-order chi connectivity index (χ0) is 16.8. The van der Waals surface area contributed by atoms with Crippen LogP contribution in [-0.2, 0) is 4.79 Å². The number of rotatable bonds is 6. The van der Waals surface area contributed by atoms with E-state index in [1.165, 1.54) is 6.92 Å². The fourth-order valence-electron chi connectivity index (χ4n) is 1.77. The van der Waals surface area contributed by atoms with Gasteiger partial charge in [0.05, 0.1) is 17.8 Å². The van der Waals surface area contributed by atoms with Crippen LogP contribution in [0, 0.1) is 0 Å². The van der Waals surface area contributed by atoms with Gasteiger partial charge in [-0.15, -0.1) is 0 Å². The van der Waals surface area contributed by atoms with Crippen LogP contribution in [0.25, 0.3) is 0 Å². The van der Waals surface area contributed by atoms with Crippen molar-refractivity contribution in [2.45, 2.75) is 13.0 Å². The Kier molecular flexibility index (Phi) is 5.60. The lowest BCUT2D eigenvalue weighted by atomic mass is 10.2. The molecule has 0 bridgehead atoms. The van der Waals surface area contributed by atoms with Crippen molar-refractivity contribution in [2.75, 3.05) is 7.11 Å². The molecule has 0 aliphatic heterocycles. The van der Waals surface area contributed by atoms with Crippen molar-refractivity contribution >= 4 is 29.5 Å². The van der Waals surface area contributed by atoms with Crippen LogP contribution in [-0.4, -0.2) is 30.5 Å². The van der Waals surface area contributed by atoms with E-state index in [1.807, 2.05) is 0 Å².